The average molecular weight is 424 g/mol. The molecule has 3 rings (SSSR count). The van der Waals surface area contributed by atoms with Crippen molar-refractivity contribution < 1.29 is 21.6 Å². The minimum atomic E-state index is -4.65. The summed E-state index contributed by atoms with van der Waals surface area (Å²) in [6, 6.07) is 6.11. The van der Waals surface area contributed by atoms with Gasteiger partial charge in [-0.2, -0.15) is 18.3 Å². The molecule has 0 aliphatic rings. The van der Waals surface area contributed by atoms with Crippen molar-refractivity contribution in [3.8, 4) is 5.69 Å². The summed E-state index contributed by atoms with van der Waals surface area (Å²) in [4.78, 5) is 11.1. The van der Waals surface area contributed by atoms with Crippen molar-refractivity contribution in [2.24, 2.45) is 10.7 Å². The number of nitrogens with two attached hydrogens (primary N) is 1. The van der Waals surface area contributed by atoms with Crippen LogP contribution in [0.5, 0.6) is 0 Å². The fourth-order valence-corrected chi connectivity index (χ4v) is 3.45. The molecule has 2 N–H and O–H groups in total. The van der Waals surface area contributed by atoms with E-state index >= 15 is 0 Å². The van der Waals surface area contributed by atoms with Crippen LogP contribution in [0.25, 0.3) is 5.69 Å². The van der Waals surface area contributed by atoms with Gasteiger partial charge in [-0.1, -0.05) is 13.0 Å². The summed E-state index contributed by atoms with van der Waals surface area (Å²) in [5.74, 6) is -0.940. The monoisotopic (exact) mass is 424 g/mol. The van der Waals surface area contributed by atoms with Crippen LogP contribution >= 0.6 is 0 Å². The highest BCUT2D eigenvalue weighted by molar-refractivity contribution is 7.91. The third-order valence-corrected chi connectivity index (χ3v) is 5.57. The molecule has 0 spiro atoms. The molecular formula is C17H15F3N6O2S. The molecule has 0 unspecified atom stereocenters. The third kappa shape index (κ3) is 4.42. The van der Waals surface area contributed by atoms with E-state index in [1.807, 2.05) is 0 Å². The number of aromatic nitrogens is 4. The second kappa shape index (κ2) is 7.62. The first-order chi connectivity index (χ1) is 13.6. The highest BCUT2D eigenvalue weighted by Gasteiger charge is 2.32. The molecule has 29 heavy (non-hydrogen) atoms. The highest BCUT2D eigenvalue weighted by Crippen LogP contribution is 2.29. The van der Waals surface area contributed by atoms with Crippen molar-refractivity contribution in [3.05, 3.63) is 60.3 Å². The van der Waals surface area contributed by atoms with Crippen molar-refractivity contribution >= 4 is 21.5 Å². The lowest BCUT2D eigenvalue weighted by atomic mass is 10.3. The second-order valence-corrected chi connectivity index (χ2v) is 8.02. The molecule has 3 heterocycles. The van der Waals surface area contributed by atoms with E-state index in [1.54, 1.807) is 12.3 Å². The molecule has 12 heteroatoms. The minimum Gasteiger partial charge on any atom is -0.382 e. The normalized spacial score (nSPS) is 12.9. The highest BCUT2D eigenvalue weighted by atomic mass is 32.2. The van der Waals surface area contributed by atoms with Crippen LogP contribution in [0.2, 0.25) is 0 Å². The van der Waals surface area contributed by atoms with Crippen molar-refractivity contribution in [3.63, 3.8) is 0 Å². The van der Waals surface area contributed by atoms with Gasteiger partial charge in [0, 0.05) is 12.4 Å². The molecule has 0 aromatic carbocycles. The fourth-order valence-electron chi connectivity index (χ4n) is 2.39. The van der Waals surface area contributed by atoms with E-state index in [0.717, 1.165) is 12.1 Å². The van der Waals surface area contributed by atoms with Gasteiger partial charge >= 0.3 is 6.18 Å². The maximum absolute atomic E-state index is 12.8. The van der Waals surface area contributed by atoms with Crippen LogP contribution in [0.3, 0.4) is 0 Å². The van der Waals surface area contributed by atoms with Gasteiger partial charge in [0.2, 0.25) is 0 Å². The van der Waals surface area contributed by atoms with E-state index in [4.69, 9.17) is 5.73 Å². The Hall–Kier alpha value is -3.28. The average Bonchev–Trinajstić information content (AvgIpc) is 3.22. The summed E-state index contributed by atoms with van der Waals surface area (Å²) < 4.78 is 65.0. The number of hydrogen-bond acceptors (Lipinski definition) is 6. The molecule has 0 aliphatic carbocycles. The maximum atomic E-state index is 12.8. The van der Waals surface area contributed by atoms with E-state index in [0.29, 0.717) is 5.69 Å². The molecule has 152 valence electrons. The van der Waals surface area contributed by atoms with Gasteiger partial charge in [-0.25, -0.2) is 28.1 Å². The van der Waals surface area contributed by atoms with E-state index in [-0.39, 0.29) is 28.0 Å². The molecule has 0 fully saturated rings. The third-order valence-electron chi connectivity index (χ3n) is 3.82. The van der Waals surface area contributed by atoms with Crippen LogP contribution in [-0.4, -0.2) is 39.8 Å². The van der Waals surface area contributed by atoms with Gasteiger partial charge in [0.05, 0.1) is 22.5 Å². The topological polar surface area (TPSA) is 116 Å². The van der Waals surface area contributed by atoms with Gasteiger partial charge in [-0.15, -0.1) is 0 Å². The Kier molecular flexibility index (Phi) is 5.38. The number of pyridine rings is 2. The maximum Gasteiger partial charge on any atom is 0.433 e. The van der Waals surface area contributed by atoms with Crippen LogP contribution < -0.4 is 5.73 Å². The molecule has 3 aromatic heterocycles. The quantitative estimate of drug-likeness (QED) is 0.497. The first-order valence-corrected chi connectivity index (χ1v) is 9.88. The summed E-state index contributed by atoms with van der Waals surface area (Å²) in [6.07, 6.45) is -0.209. The number of nitrogens with zero attached hydrogens (tertiary/aromatic N) is 5. The summed E-state index contributed by atoms with van der Waals surface area (Å²) in [5, 5.41) is 4.01. The van der Waals surface area contributed by atoms with E-state index in [9.17, 15) is 21.6 Å². The van der Waals surface area contributed by atoms with Gasteiger partial charge < -0.3 is 5.73 Å². The lowest BCUT2D eigenvalue weighted by Crippen LogP contribution is -2.21. The smallest absolute Gasteiger partial charge is 0.382 e. The summed E-state index contributed by atoms with van der Waals surface area (Å²) in [6.45, 7) is 1.45. The van der Waals surface area contributed by atoms with Crippen molar-refractivity contribution in [1.82, 2.24) is 19.7 Å². The molecule has 8 nitrogen and oxygen atoms in total. The van der Waals surface area contributed by atoms with Crippen LogP contribution in [0.1, 0.15) is 18.3 Å². The Morgan fingerprint density at radius 1 is 1.28 bits per heavy atom. The molecule has 0 aliphatic heterocycles. The Bertz CT molecular complexity index is 1160. The van der Waals surface area contributed by atoms with Crippen LogP contribution in [-0.2, 0) is 16.0 Å². The predicted octanol–water partition coefficient (Wildman–Crippen LogP) is 2.51. The van der Waals surface area contributed by atoms with Gasteiger partial charge in [-0.3, -0.25) is 0 Å². The number of amidine groups is 1. The Morgan fingerprint density at radius 2 is 2.03 bits per heavy atom. The van der Waals surface area contributed by atoms with E-state index < -0.39 is 21.7 Å². The zero-order valence-electron chi connectivity index (χ0n) is 15.0. The van der Waals surface area contributed by atoms with Crippen LogP contribution in [0, 0.1) is 0 Å². The number of aliphatic imine (C=N–C) groups is 1. The number of halogens is 3. The molecule has 0 saturated heterocycles. The van der Waals surface area contributed by atoms with Crippen molar-refractivity contribution in [1.29, 1.82) is 0 Å². The molecule has 0 bridgehead atoms. The van der Waals surface area contributed by atoms with E-state index in [2.05, 4.69) is 20.1 Å². The minimum absolute atomic E-state index is 0.179. The van der Waals surface area contributed by atoms with Crippen LogP contribution in [0.15, 0.2) is 58.8 Å². The lowest BCUT2D eigenvalue weighted by Gasteiger charge is -2.11. The molecule has 0 amide bonds. The van der Waals surface area contributed by atoms with Crippen molar-refractivity contribution in [2.45, 2.75) is 18.0 Å². The Morgan fingerprint density at radius 3 is 2.66 bits per heavy atom. The first kappa shape index (κ1) is 20.5. The number of alkyl halides is 3. The summed E-state index contributed by atoms with van der Waals surface area (Å²) >= 11 is 0. The molecular weight excluding hydrogens is 409 g/mol. The molecule has 3 aromatic rings. The van der Waals surface area contributed by atoms with Gasteiger partial charge in [0.15, 0.2) is 21.5 Å². The van der Waals surface area contributed by atoms with Gasteiger partial charge in [-0.05, 0) is 24.3 Å². The van der Waals surface area contributed by atoms with Crippen LogP contribution in [0.4, 0.5) is 19.0 Å². The SMILES string of the molecule is CCS(=O)(=O)c1cc(-n2cccn2)cnc1/C(N)=N/c1cccc(C(F)(F)F)n1. The largest absolute Gasteiger partial charge is 0.433 e. The van der Waals surface area contributed by atoms with Gasteiger partial charge in [0.1, 0.15) is 11.4 Å². The standard InChI is InChI=1S/C17H15F3N6O2S/c1-2-29(27,28)12-9-11(26-8-4-7-23-26)10-22-15(12)16(21)25-14-6-3-5-13(24-14)17(18,19)20/h3-10H,2H2,1H3,(H2,21,24,25). The first-order valence-electron chi connectivity index (χ1n) is 8.23. The zero-order chi connectivity index (χ0) is 21.2. The molecule has 0 saturated carbocycles. The van der Waals surface area contributed by atoms with Gasteiger partial charge in [0.25, 0.3) is 0 Å². The Labute approximate surface area is 163 Å². The fraction of sp³-hybridized carbons (Fsp3) is 0.176. The number of sulfone groups is 1. The lowest BCUT2D eigenvalue weighted by molar-refractivity contribution is -0.141. The zero-order valence-corrected chi connectivity index (χ0v) is 15.8. The number of hydrogen-bond donors (Lipinski definition) is 1. The molecule has 0 atom stereocenters. The Balaban J connectivity index is 2.11. The predicted molar refractivity (Wildman–Crippen MR) is 98.7 cm³/mol. The summed E-state index contributed by atoms with van der Waals surface area (Å²) in [5.41, 5.74) is 4.94. The molecule has 0 radical (unpaired) electrons. The van der Waals surface area contributed by atoms with Crippen molar-refractivity contribution in [2.75, 3.05) is 5.75 Å². The second-order valence-electron chi connectivity index (χ2n) is 5.77. The number of rotatable bonds is 5. The van der Waals surface area contributed by atoms with E-state index in [1.165, 1.54) is 36.1 Å². The summed E-state index contributed by atoms with van der Waals surface area (Å²) in [7, 11) is -3.78.